The van der Waals surface area contributed by atoms with Gasteiger partial charge in [0.25, 0.3) is 5.91 Å². The van der Waals surface area contributed by atoms with Crippen molar-refractivity contribution >= 4 is 11.6 Å². The average Bonchev–Trinajstić information content (AvgIpc) is 3.22. The first-order chi connectivity index (χ1) is 15.0. The molecule has 0 spiro atoms. The minimum absolute atomic E-state index is 0.0807. The van der Waals surface area contributed by atoms with Crippen molar-refractivity contribution in [2.45, 2.75) is 52.5 Å². The van der Waals surface area contributed by atoms with E-state index in [0.717, 1.165) is 42.1 Å². The first kappa shape index (κ1) is 21.6. The van der Waals surface area contributed by atoms with E-state index >= 15 is 0 Å². The van der Waals surface area contributed by atoms with Gasteiger partial charge in [0.1, 0.15) is 5.75 Å². The summed E-state index contributed by atoms with van der Waals surface area (Å²) in [4.78, 5) is 15.6. The van der Waals surface area contributed by atoms with Crippen molar-refractivity contribution in [3.8, 4) is 5.75 Å². The standard InChI is InChI=1S/C26H33N3O2/c1-4-31-22-12-10-21(11-13-22)25-17-24(23-16-19(2)8-9-20(23)3)27-29(25)26(30)18-28-14-6-5-7-15-28/h8-13,16,25H,4-7,14-15,17-18H2,1-3H3. The summed E-state index contributed by atoms with van der Waals surface area (Å²) in [6.07, 6.45) is 4.33. The van der Waals surface area contributed by atoms with Gasteiger partial charge in [-0.25, -0.2) is 5.01 Å². The predicted octanol–water partition coefficient (Wildman–Crippen LogP) is 4.87. The Morgan fingerprint density at radius 3 is 2.52 bits per heavy atom. The van der Waals surface area contributed by atoms with Crippen molar-refractivity contribution in [1.29, 1.82) is 0 Å². The number of ether oxygens (including phenoxy) is 1. The quantitative estimate of drug-likeness (QED) is 0.671. The fourth-order valence-corrected chi connectivity index (χ4v) is 4.54. The summed E-state index contributed by atoms with van der Waals surface area (Å²) in [5.41, 5.74) is 5.63. The first-order valence-corrected chi connectivity index (χ1v) is 11.5. The smallest absolute Gasteiger partial charge is 0.257 e. The molecule has 0 radical (unpaired) electrons. The van der Waals surface area contributed by atoms with Crippen molar-refractivity contribution in [3.05, 3.63) is 64.7 Å². The van der Waals surface area contributed by atoms with Crippen LogP contribution in [0.15, 0.2) is 47.6 Å². The summed E-state index contributed by atoms with van der Waals surface area (Å²) in [7, 11) is 0. The summed E-state index contributed by atoms with van der Waals surface area (Å²) in [6, 6.07) is 14.5. The van der Waals surface area contributed by atoms with Crippen LogP contribution in [0.3, 0.4) is 0 Å². The molecule has 0 N–H and O–H groups in total. The van der Waals surface area contributed by atoms with Gasteiger partial charge in [-0.2, -0.15) is 5.10 Å². The summed E-state index contributed by atoms with van der Waals surface area (Å²) >= 11 is 0. The molecule has 2 heterocycles. The minimum atomic E-state index is -0.0807. The maximum atomic E-state index is 13.3. The number of amides is 1. The Bertz CT molecular complexity index is 946. The van der Waals surface area contributed by atoms with Gasteiger partial charge in [-0.3, -0.25) is 9.69 Å². The fraction of sp³-hybridized carbons (Fsp3) is 0.462. The molecule has 1 amide bonds. The number of hydrogen-bond acceptors (Lipinski definition) is 4. The van der Waals surface area contributed by atoms with Crippen molar-refractivity contribution in [3.63, 3.8) is 0 Å². The van der Waals surface area contributed by atoms with Gasteiger partial charge >= 0.3 is 0 Å². The number of nitrogens with zero attached hydrogens (tertiary/aromatic N) is 3. The van der Waals surface area contributed by atoms with Crippen LogP contribution in [-0.4, -0.2) is 47.8 Å². The van der Waals surface area contributed by atoms with Crippen molar-refractivity contribution < 1.29 is 9.53 Å². The maximum Gasteiger partial charge on any atom is 0.257 e. The monoisotopic (exact) mass is 419 g/mol. The van der Waals surface area contributed by atoms with Gasteiger partial charge < -0.3 is 4.74 Å². The lowest BCUT2D eigenvalue weighted by molar-refractivity contribution is -0.134. The summed E-state index contributed by atoms with van der Waals surface area (Å²) < 4.78 is 5.60. The van der Waals surface area contributed by atoms with E-state index in [1.807, 2.05) is 19.1 Å². The summed E-state index contributed by atoms with van der Waals surface area (Å²) in [5, 5.41) is 6.62. The predicted molar refractivity (Wildman–Crippen MR) is 125 cm³/mol. The van der Waals surface area contributed by atoms with E-state index in [1.54, 1.807) is 5.01 Å². The summed E-state index contributed by atoms with van der Waals surface area (Å²) in [6.45, 7) is 9.28. The molecule has 0 bridgehead atoms. The molecule has 2 aliphatic rings. The van der Waals surface area contributed by atoms with Gasteiger partial charge in [-0.05, 0) is 76.0 Å². The first-order valence-electron chi connectivity index (χ1n) is 11.5. The Morgan fingerprint density at radius 2 is 1.81 bits per heavy atom. The van der Waals surface area contributed by atoms with Gasteiger partial charge in [0.2, 0.25) is 0 Å². The molecule has 0 saturated carbocycles. The zero-order valence-electron chi connectivity index (χ0n) is 18.9. The molecule has 0 aliphatic carbocycles. The lowest BCUT2D eigenvalue weighted by Gasteiger charge is -2.29. The third-order valence-electron chi connectivity index (χ3n) is 6.25. The average molecular weight is 420 g/mol. The van der Waals surface area contributed by atoms with E-state index in [0.29, 0.717) is 13.2 Å². The molecule has 1 saturated heterocycles. The maximum absolute atomic E-state index is 13.3. The third kappa shape index (κ3) is 4.99. The molecular weight excluding hydrogens is 386 g/mol. The molecule has 0 aromatic heterocycles. The Morgan fingerprint density at radius 1 is 1.06 bits per heavy atom. The van der Waals surface area contributed by atoms with Gasteiger partial charge in [-0.15, -0.1) is 0 Å². The zero-order chi connectivity index (χ0) is 21.8. The van der Waals surface area contributed by atoms with E-state index in [2.05, 4.69) is 49.1 Å². The van der Waals surface area contributed by atoms with E-state index in [1.165, 1.54) is 30.4 Å². The molecule has 5 nitrogen and oxygen atoms in total. The number of carbonyl (C=O) groups excluding carboxylic acids is 1. The molecule has 164 valence electrons. The van der Waals surface area contributed by atoms with Crippen molar-refractivity contribution in [2.24, 2.45) is 5.10 Å². The highest BCUT2D eigenvalue weighted by molar-refractivity contribution is 6.04. The van der Waals surface area contributed by atoms with E-state index in [4.69, 9.17) is 9.84 Å². The topological polar surface area (TPSA) is 45.1 Å². The van der Waals surface area contributed by atoms with Gasteiger partial charge in [0, 0.05) is 12.0 Å². The Balaban J connectivity index is 1.62. The SMILES string of the molecule is CCOc1ccc(C2CC(c3cc(C)ccc3C)=NN2C(=O)CN2CCCCC2)cc1. The van der Waals surface area contributed by atoms with Crippen molar-refractivity contribution in [1.82, 2.24) is 9.91 Å². The molecule has 31 heavy (non-hydrogen) atoms. The minimum Gasteiger partial charge on any atom is -0.494 e. The highest BCUT2D eigenvalue weighted by Gasteiger charge is 2.34. The zero-order valence-corrected chi connectivity index (χ0v) is 18.9. The largest absolute Gasteiger partial charge is 0.494 e. The molecular formula is C26H33N3O2. The van der Waals surface area contributed by atoms with Crippen LogP contribution in [0.1, 0.15) is 60.9 Å². The molecule has 4 rings (SSSR count). The second-order valence-corrected chi connectivity index (χ2v) is 8.66. The number of hydrazone groups is 1. The number of carbonyl (C=O) groups is 1. The van der Waals surface area contributed by atoms with Crippen LogP contribution in [0.25, 0.3) is 0 Å². The van der Waals surface area contributed by atoms with Gasteiger partial charge in [0.15, 0.2) is 0 Å². The number of likely N-dealkylation sites (tertiary alicyclic amines) is 1. The van der Waals surface area contributed by atoms with E-state index in [-0.39, 0.29) is 11.9 Å². The number of benzene rings is 2. The fourth-order valence-electron chi connectivity index (χ4n) is 4.54. The molecule has 1 unspecified atom stereocenters. The van der Waals surface area contributed by atoms with E-state index in [9.17, 15) is 4.79 Å². The number of piperidine rings is 1. The van der Waals surface area contributed by atoms with E-state index < -0.39 is 0 Å². The number of hydrogen-bond donors (Lipinski definition) is 0. The number of aryl methyl sites for hydroxylation is 2. The lowest BCUT2D eigenvalue weighted by atomic mass is 9.95. The van der Waals surface area contributed by atoms with Crippen LogP contribution in [-0.2, 0) is 4.79 Å². The molecule has 1 atom stereocenters. The lowest BCUT2D eigenvalue weighted by Crippen LogP contribution is -2.40. The van der Waals surface area contributed by atoms with Crippen LogP contribution >= 0.6 is 0 Å². The Labute approximate surface area is 185 Å². The molecule has 2 aromatic carbocycles. The van der Waals surface area contributed by atoms with Crippen LogP contribution in [0.5, 0.6) is 5.75 Å². The van der Waals surface area contributed by atoms with Crippen LogP contribution in [0, 0.1) is 13.8 Å². The highest BCUT2D eigenvalue weighted by atomic mass is 16.5. The Kier molecular flexibility index (Phi) is 6.71. The van der Waals surface area contributed by atoms with Gasteiger partial charge in [-0.1, -0.05) is 36.2 Å². The highest BCUT2D eigenvalue weighted by Crippen LogP contribution is 2.34. The molecule has 2 aromatic rings. The number of rotatable bonds is 6. The third-order valence-corrected chi connectivity index (χ3v) is 6.25. The van der Waals surface area contributed by atoms with Crippen LogP contribution in [0.4, 0.5) is 0 Å². The molecule has 1 fully saturated rings. The van der Waals surface area contributed by atoms with Crippen LogP contribution < -0.4 is 4.74 Å². The molecule has 2 aliphatic heterocycles. The molecule has 5 heteroatoms. The Hall–Kier alpha value is -2.66. The second-order valence-electron chi connectivity index (χ2n) is 8.66. The second kappa shape index (κ2) is 9.65. The van der Waals surface area contributed by atoms with Crippen molar-refractivity contribution in [2.75, 3.05) is 26.2 Å². The summed E-state index contributed by atoms with van der Waals surface area (Å²) in [5.74, 6) is 0.937. The normalized spacial score (nSPS) is 19.4. The van der Waals surface area contributed by atoms with Gasteiger partial charge in [0.05, 0.1) is 24.9 Å². The van der Waals surface area contributed by atoms with Crippen LogP contribution in [0.2, 0.25) is 0 Å².